The molecule has 0 saturated heterocycles. The highest BCUT2D eigenvalue weighted by Gasteiger charge is 2.12. The van der Waals surface area contributed by atoms with Crippen molar-refractivity contribution in [2.24, 2.45) is 4.99 Å². The van der Waals surface area contributed by atoms with Gasteiger partial charge >= 0.3 is 0 Å². The lowest BCUT2D eigenvalue weighted by Gasteiger charge is -2.13. The van der Waals surface area contributed by atoms with Crippen LogP contribution in [-0.2, 0) is 13.1 Å². The summed E-state index contributed by atoms with van der Waals surface area (Å²) in [7, 11) is 4.82. The highest BCUT2D eigenvalue weighted by molar-refractivity contribution is 14.0. The first-order valence-corrected chi connectivity index (χ1v) is 7.96. The van der Waals surface area contributed by atoms with Gasteiger partial charge in [-0.2, -0.15) is 0 Å². The van der Waals surface area contributed by atoms with Crippen LogP contribution in [0.25, 0.3) is 0 Å². The highest BCUT2D eigenvalue weighted by Crippen LogP contribution is 2.27. The lowest BCUT2D eigenvalue weighted by molar-refractivity contribution is -0.385. The summed E-state index contributed by atoms with van der Waals surface area (Å²) in [4.78, 5) is 14.8. The van der Waals surface area contributed by atoms with Crippen molar-refractivity contribution in [1.82, 2.24) is 10.6 Å². The fraction of sp³-hybridized carbons (Fsp3) is 0.278. The Morgan fingerprint density at radius 2 is 1.74 bits per heavy atom. The van der Waals surface area contributed by atoms with Gasteiger partial charge in [-0.15, -0.1) is 24.0 Å². The van der Waals surface area contributed by atoms with Crippen LogP contribution < -0.4 is 20.1 Å². The Labute approximate surface area is 175 Å². The van der Waals surface area contributed by atoms with Crippen molar-refractivity contribution in [3.8, 4) is 11.5 Å². The number of aliphatic imine (C=N–C) groups is 1. The molecule has 0 saturated carbocycles. The molecule has 0 aliphatic carbocycles. The summed E-state index contributed by atoms with van der Waals surface area (Å²) in [6.07, 6.45) is 0. The van der Waals surface area contributed by atoms with Crippen LogP contribution in [0.5, 0.6) is 11.5 Å². The van der Waals surface area contributed by atoms with E-state index in [4.69, 9.17) is 9.47 Å². The lowest BCUT2D eigenvalue weighted by atomic mass is 10.2. The number of nitrogens with zero attached hydrogens (tertiary/aromatic N) is 2. The molecule has 0 bridgehead atoms. The number of guanidine groups is 1. The van der Waals surface area contributed by atoms with Crippen LogP contribution in [0.2, 0.25) is 0 Å². The monoisotopic (exact) mass is 486 g/mol. The molecule has 0 fully saturated rings. The van der Waals surface area contributed by atoms with Gasteiger partial charge in [0, 0.05) is 31.8 Å². The van der Waals surface area contributed by atoms with Crippen LogP contribution >= 0.6 is 24.0 Å². The van der Waals surface area contributed by atoms with Crippen molar-refractivity contribution in [2.45, 2.75) is 13.1 Å². The lowest BCUT2D eigenvalue weighted by Crippen LogP contribution is -2.36. The number of ether oxygens (including phenoxy) is 2. The minimum absolute atomic E-state index is 0. The van der Waals surface area contributed by atoms with Crippen molar-refractivity contribution >= 4 is 35.6 Å². The Morgan fingerprint density at radius 3 is 2.37 bits per heavy atom. The Hall–Kier alpha value is -2.56. The van der Waals surface area contributed by atoms with Gasteiger partial charge < -0.3 is 20.1 Å². The molecule has 0 radical (unpaired) electrons. The minimum Gasteiger partial charge on any atom is -0.493 e. The number of nitrogens with one attached hydrogen (secondary N) is 2. The molecule has 27 heavy (non-hydrogen) atoms. The van der Waals surface area contributed by atoms with Crippen LogP contribution in [0.4, 0.5) is 5.69 Å². The Morgan fingerprint density at radius 1 is 1.07 bits per heavy atom. The molecule has 9 heteroatoms. The molecular weight excluding hydrogens is 463 g/mol. The number of para-hydroxylation sites is 1. The predicted molar refractivity (Wildman–Crippen MR) is 115 cm³/mol. The second kappa shape index (κ2) is 11.2. The average molecular weight is 486 g/mol. The van der Waals surface area contributed by atoms with Crippen LogP contribution in [0.3, 0.4) is 0 Å². The van der Waals surface area contributed by atoms with Gasteiger partial charge in [-0.25, -0.2) is 0 Å². The average Bonchev–Trinajstić information content (AvgIpc) is 2.68. The molecule has 146 valence electrons. The van der Waals surface area contributed by atoms with E-state index in [2.05, 4.69) is 15.6 Å². The van der Waals surface area contributed by atoms with E-state index < -0.39 is 4.92 Å². The molecule has 0 atom stereocenters. The fourth-order valence-corrected chi connectivity index (χ4v) is 2.41. The summed E-state index contributed by atoms with van der Waals surface area (Å²) in [5.74, 6) is 1.85. The standard InChI is InChI=1S/C18H22N4O4.HI/c1-19-18(21-12-14-6-4-5-7-15(14)22(23)24)20-11-13-8-9-16(25-2)17(10-13)26-3;/h4-10H,11-12H2,1-3H3,(H2,19,20,21);1H. The molecule has 0 aliphatic heterocycles. The maximum absolute atomic E-state index is 11.1. The Bertz CT molecular complexity index is 799. The maximum Gasteiger partial charge on any atom is 0.274 e. The molecule has 0 spiro atoms. The van der Waals surface area contributed by atoms with E-state index in [-0.39, 0.29) is 29.7 Å². The molecule has 0 heterocycles. The van der Waals surface area contributed by atoms with Crippen LogP contribution in [0, 0.1) is 10.1 Å². The van der Waals surface area contributed by atoms with Gasteiger partial charge in [0.2, 0.25) is 0 Å². The van der Waals surface area contributed by atoms with Crippen molar-refractivity contribution in [2.75, 3.05) is 21.3 Å². The second-order valence-corrected chi connectivity index (χ2v) is 5.35. The molecule has 0 aromatic heterocycles. The van der Waals surface area contributed by atoms with E-state index in [1.807, 2.05) is 18.2 Å². The van der Waals surface area contributed by atoms with E-state index in [1.54, 1.807) is 39.5 Å². The normalized spacial score (nSPS) is 10.6. The molecule has 2 rings (SSSR count). The first-order valence-electron chi connectivity index (χ1n) is 7.96. The van der Waals surface area contributed by atoms with Gasteiger partial charge in [0.15, 0.2) is 17.5 Å². The topological polar surface area (TPSA) is 98.0 Å². The molecule has 2 N–H and O–H groups in total. The second-order valence-electron chi connectivity index (χ2n) is 5.35. The van der Waals surface area contributed by atoms with Gasteiger partial charge in [-0.3, -0.25) is 15.1 Å². The molecular formula is C18H23IN4O4. The number of halogens is 1. The zero-order valence-electron chi connectivity index (χ0n) is 15.4. The third kappa shape index (κ3) is 6.27. The number of hydrogen-bond donors (Lipinski definition) is 2. The van der Waals surface area contributed by atoms with E-state index in [1.165, 1.54) is 6.07 Å². The van der Waals surface area contributed by atoms with E-state index in [0.717, 1.165) is 5.56 Å². The summed E-state index contributed by atoms with van der Waals surface area (Å²) < 4.78 is 10.5. The zero-order valence-corrected chi connectivity index (χ0v) is 17.7. The first-order chi connectivity index (χ1) is 12.6. The molecule has 2 aromatic rings. The number of hydrogen-bond acceptors (Lipinski definition) is 5. The van der Waals surface area contributed by atoms with Crippen LogP contribution in [-0.4, -0.2) is 32.2 Å². The van der Waals surface area contributed by atoms with Crippen molar-refractivity contribution < 1.29 is 14.4 Å². The molecule has 0 aliphatic rings. The number of benzene rings is 2. The number of rotatable bonds is 7. The van der Waals surface area contributed by atoms with E-state index in [9.17, 15) is 10.1 Å². The maximum atomic E-state index is 11.1. The summed E-state index contributed by atoms with van der Waals surface area (Å²) in [5.41, 5.74) is 1.65. The van der Waals surface area contributed by atoms with Gasteiger partial charge in [-0.1, -0.05) is 24.3 Å². The van der Waals surface area contributed by atoms with E-state index in [0.29, 0.717) is 36.1 Å². The first kappa shape index (κ1) is 22.5. The zero-order chi connectivity index (χ0) is 18.9. The number of methoxy groups -OCH3 is 2. The van der Waals surface area contributed by atoms with Crippen LogP contribution in [0.1, 0.15) is 11.1 Å². The number of nitro benzene ring substituents is 1. The van der Waals surface area contributed by atoms with Gasteiger partial charge in [0.05, 0.1) is 19.1 Å². The summed E-state index contributed by atoms with van der Waals surface area (Å²) in [5, 5.41) is 17.3. The number of nitro groups is 1. The summed E-state index contributed by atoms with van der Waals surface area (Å²) >= 11 is 0. The van der Waals surface area contributed by atoms with Crippen molar-refractivity contribution in [1.29, 1.82) is 0 Å². The van der Waals surface area contributed by atoms with Gasteiger partial charge in [0.1, 0.15) is 0 Å². The smallest absolute Gasteiger partial charge is 0.274 e. The minimum atomic E-state index is -0.392. The van der Waals surface area contributed by atoms with Gasteiger partial charge in [-0.05, 0) is 17.7 Å². The van der Waals surface area contributed by atoms with Gasteiger partial charge in [0.25, 0.3) is 5.69 Å². The molecule has 8 nitrogen and oxygen atoms in total. The highest BCUT2D eigenvalue weighted by atomic mass is 127. The molecule has 0 amide bonds. The quantitative estimate of drug-likeness (QED) is 0.205. The molecule has 2 aromatic carbocycles. The third-order valence-corrected chi connectivity index (χ3v) is 3.77. The molecule has 0 unspecified atom stereocenters. The third-order valence-electron chi connectivity index (χ3n) is 3.77. The van der Waals surface area contributed by atoms with Crippen molar-refractivity contribution in [3.05, 3.63) is 63.7 Å². The predicted octanol–water partition coefficient (Wildman–Crippen LogP) is 3.10. The van der Waals surface area contributed by atoms with Crippen LogP contribution in [0.15, 0.2) is 47.5 Å². The fourth-order valence-electron chi connectivity index (χ4n) is 2.41. The SMILES string of the molecule is CN=C(NCc1ccc(OC)c(OC)c1)NCc1ccccc1[N+](=O)[O-].I. The summed E-state index contributed by atoms with van der Waals surface area (Å²) in [6.45, 7) is 0.805. The summed E-state index contributed by atoms with van der Waals surface area (Å²) in [6, 6.07) is 12.2. The Kier molecular flexibility index (Phi) is 9.34. The van der Waals surface area contributed by atoms with Crippen molar-refractivity contribution in [3.63, 3.8) is 0 Å². The Balaban J connectivity index is 0.00000364. The van der Waals surface area contributed by atoms with E-state index >= 15 is 0 Å². The largest absolute Gasteiger partial charge is 0.493 e.